The number of carbonyl (C=O) groups is 1. The Morgan fingerprint density at radius 1 is 1.60 bits per heavy atom. The number of aliphatic hydroxyl groups is 1. The van der Waals surface area contributed by atoms with Crippen LogP contribution in [0.1, 0.15) is 12.8 Å². The molecule has 15 heavy (non-hydrogen) atoms. The predicted molar refractivity (Wildman–Crippen MR) is 60.0 cm³/mol. The van der Waals surface area contributed by atoms with Gasteiger partial charge in [0.05, 0.1) is 0 Å². The van der Waals surface area contributed by atoms with Gasteiger partial charge < -0.3 is 0 Å². The molecule has 0 bridgehead atoms. The van der Waals surface area contributed by atoms with Gasteiger partial charge >= 0.3 is 91.6 Å². The monoisotopic (exact) mass is 246 g/mol. The van der Waals surface area contributed by atoms with E-state index in [2.05, 4.69) is 0 Å². The van der Waals surface area contributed by atoms with Crippen LogP contribution in [-0.4, -0.2) is 36.3 Å². The summed E-state index contributed by atoms with van der Waals surface area (Å²) in [7, 11) is 0.915. The van der Waals surface area contributed by atoms with E-state index in [9.17, 15) is 14.6 Å². The van der Waals surface area contributed by atoms with Crippen LogP contribution in [0.2, 0.25) is 0 Å². The number of esters is 1. The molecule has 2 rings (SSSR count). The molecule has 7 heteroatoms. The van der Waals surface area contributed by atoms with Crippen LogP contribution in [0.4, 0.5) is 0 Å². The molecular weight excluding hydrogens is 233 g/mol. The molecule has 0 aromatic heterocycles. The van der Waals surface area contributed by atoms with Crippen molar-refractivity contribution in [1.82, 2.24) is 0 Å². The molecule has 0 amide bonds. The summed E-state index contributed by atoms with van der Waals surface area (Å²) in [6.45, 7) is 1.06. The van der Waals surface area contributed by atoms with E-state index in [-0.39, 0.29) is 30.5 Å². The van der Waals surface area contributed by atoms with E-state index in [0.717, 1.165) is 13.3 Å². The van der Waals surface area contributed by atoms with Gasteiger partial charge in [0.1, 0.15) is 0 Å². The first-order valence-electron chi connectivity index (χ1n) is 5.01. The predicted octanol–water partition coefficient (Wildman–Crippen LogP) is 0.536. The fourth-order valence-electron chi connectivity index (χ4n) is 2.57. The van der Waals surface area contributed by atoms with Crippen molar-refractivity contribution < 1.29 is 19.3 Å². The van der Waals surface area contributed by atoms with E-state index in [4.69, 9.17) is 4.74 Å². The molecule has 82 valence electrons. The van der Waals surface area contributed by atoms with E-state index in [0.29, 0.717) is 28.5 Å². The summed E-state index contributed by atoms with van der Waals surface area (Å²) >= 11 is 0. The molecule has 4 nitrogen and oxygen atoms in total. The van der Waals surface area contributed by atoms with Crippen molar-refractivity contribution >= 4 is 29.3 Å². The first kappa shape index (κ1) is 11.6. The molecule has 1 aliphatic heterocycles. The molecule has 0 aromatic rings. The second-order valence-electron chi connectivity index (χ2n) is 3.99. The molecule has 1 saturated heterocycles. The molecule has 1 N–H and O–H groups in total. The summed E-state index contributed by atoms with van der Waals surface area (Å²) in [4.78, 5) is 11.1. The molecule has 6 atom stereocenters. The molecule has 1 aliphatic carbocycles. The van der Waals surface area contributed by atoms with Crippen molar-refractivity contribution in [2.24, 2.45) is 11.8 Å². The fourth-order valence-corrected chi connectivity index (χ4v) is 5.61. The van der Waals surface area contributed by atoms with E-state index in [1.165, 1.54) is 0 Å². The van der Waals surface area contributed by atoms with E-state index >= 15 is 0 Å². The molecule has 0 radical (unpaired) electrons. The zero-order valence-corrected chi connectivity index (χ0v) is 10.2. The first-order chi connectivity index (χ1) is 7.26. The summed E-state index contributed by atoms with van der Waals surface area (Å²) in [5.41, 5.74) is 0.377. The summed E-state index contributed by atoms with van der Waals surface area (Å²) in [5.74, 6) is 0.215. The van der Waals surface area contributed by atoms with Crippen molar-refractivity contribution in [2.45, 2.75) is 24.6 Å². The standard InChI is InChI=1S/C8H13BO4P2/c10-3-5-4-1-8(11)13-6(4)2-7(5)14-15-9-12/h4-7,10,14-15H,1-3H2/t4-,5-,6+,7-/m1/s1. The third-order valence-electron chi connectivity index (χ3n) is 3.25. The molecule has 0 aromatic carbocycles. The molecule has 2 aliphatic rings. The summed E-state index contributed by atoms with van der Waals surface area (Å²) in [6.07, 6.45) is 1.28. The molecule has 2 fully saturated rings. The number of hydrogen-bond donors (Lipinski definition) is 1. The Kier molecular flexibility index (Phi) is 3.87. The van der Waals surface area contributed by atoms with E-state index < -0.39 is 0 Å². The zero-order valence-electron chi connectivity index (χ0n) is 8.18. The topological polar surface area (TPSA) is 63.6 Å². The summed E-state index contributed by atoms with van der Waals surface area (Å²) < 4.78 is 15.5. The van der Waals surface area contributed by atoms with Gasteiger partial charge in [-0.2, -0.15) is 0 Å². The van der Waals surface area contributed by atoms with Crippen molar-refractivity contribution in [3.63, 3.8) is 0 Å². The average molecular weight is 246 g/mol. The van der Waals surface area contributed by atoms with Crippen LogP contribution >= 0.6 is 16.4 Å². The number of carbonyl (C=O) groups excluding carboxylic acids is 1. The van der Waals surface area contributed by atoms with Gasteiger partial charge in [0.25, 0.3) is 0 Å². The quantitative estimate of drug-likeness (QED) is 0.446. The van der Waals surface area contributed by atoms with Crippen molar-refractivity contribution in [3.8, 4) is 0 Å². The molecular formula is C8H13BO4P2. The fraction of sp³-hybridized carbons (Fsp3) is 0.875. The Balaban J connectivity index is 1.99. The number of fused-ring (bicyclic) bond motifs is 1. The first-order valence-corrected chi connectivity index (χ1v) is 8.16. The second kappa shape index (κ2) is 4.99. The van der Waals surface area contributed by atoms with Gasteiger partial charge in [0, 0.05) is 0 Å². The molecule has 1 heterocycles. The van der Waals surface area contributed by atoms with Gasteiger partial charge in [0.15, 0.2) is 0 Å². The third kappa shape index (κ3) is 2.30. The van der Waals surface area contributed by atoms with Crippen LogP contribution < -0.4 is 0 Å². The van der Waals surface area contributed by atoms with Crippen molar-refractivity contribution in [2.75, 3.05) is 6.61 Å². The number of rotatable bonds is 4. The number of hydrogen-bond acceptors (Lipinski definition) is 4. The summed E-state index contributed by atoms with van der Waals surface area (Å²) in [5, 5.41) is 9.32. The molecule has 2 unspecified atom stereocenters. The Bertz CT molecular complexity index is 275. The van der Waals surface area contributed by atoms with E-state index in [1.54, 1.807) is 0 Å². The van der Waals surface area contributed by atoms with Crippen LogP contribution in [0.15, 0.2) is 0 Å². The minimum absolute atomic E-state index is 0.00334. The SMILES string of the molecule is O=BPP[C@@H]1C[C@@H]2OC(=O)C[C@@H]2[C@H]1CO. The molecule has 0 spiro atoms. The van der Waals surface area contributed by atoms with Crippen LogP contribution in [0, 0.1) is 11.8 Å². The number of aliphatic hydroxyl groups excluding tert-OH is 1. The zero-order chi connectivity index (χ0) is 10.8. The third-order valence-corrected chi connectivity index (χ3v) is 6.54. The van der Waals surface area contributed by atoms with Gasteiger partial charge in [-0.15, -0.1) is 0 Å². The van der Waals surface area contributed by atoms with Gasteiger partial charge in [-0.3, -0.25) is 0 Å². The Hall–Kier alpha value is 0.155. The van der Waals surface area contributed by atoms with Crippen molar-refractivity contribution in [1.29, 1.82) is 0 Å². The Labute approximate surface area is 92.2 Å². The second-order valence-corrected chi connectivity index (χ2v) is 7.28. The van der Waals surface area contributed by atoms with Gasteiger partial charge in [-0.1, -0.05) is 0 Å². The van der Waals surface area contributed by atoms with Crippen LogP contribution in [-0.2, 0) is 14.2 Å². The van der Waals surface area contributed by atoms with E-state index in [1.807, 2.05) is 0 Å². The Morgan fingerprint density at radius 3 is 3.07 bits per heavy atom. The van der Waals surface area contributed by atoms with Crippen LogP contribution in [0.5, 0.6) is 0 Å². The summed E-state index contributed by atoms with van der Waals surface area (Å²) in [6, 6.07) is 0. The number of ether oxygens (including phenoxy) is 1. The van der Waals surface area contributed by atoms with Gasteiger partial charge in [-0.05, 0) is 0 Å². The van der Waals surface area contributed by atoms with Crippen LogP contribution in [0.3, 0.4) is 0 Å². The Morgan fingerprint density at radius 2 is 2.40 bits per heavy atom. The van der Waals surface area contributed by atoms with Gasteiger partial charge in [-0.25, -0.2) is 0 Å². The minimum atomic E-state index is -0.136. The molecule has 1 saturated carbocycles. The van der Waals surface area contributed by atoms with Crippen molar-refractivity contribution in [3.05, 3.63) is 0 Å². The van der Waals surface area contributed by atoms with Crippen LogP contribution in [0.25, 0.3) is 0 Å². The maximum atomic E-state index is 11.1. The normalized spacial score (nSPS) is 40.2. The average Bonchev–Trinajstić information content (AvgIpc) is 2.70. The maximum absolute atomic E-state index is 11.1. The van der Waals surface area contributed by atoms with Gasteiger partial charge in [0.2, 0.25) is 0 Å².